The Kier molecular flexibility index (Phi) is 7.53. The van der Waals surface area contributed by atoms with E-state index in [0.29, 0.717) is 17.0 Å². The minimum Gasteiger partial charge on any atom is -0.360 e. The van der Waals surface area contributed by atoms with Crippen LogP contribution in [0.15, 0.2) is 73.6 Å². The van der Waals surface area contributed by atoms with Gasteiger partial charge in [0.25, 0.3) is 0 Å². The number of nitrogens with one attached hydrogen (secondary N) is 3. The molecule has 1 amide bonds. The number of carbonyl (C=O) groups is 1. The van der Waals surface area contributed by atoms with Crippen molar-refractivity contribution in [3.05, 3.63) is 84.2 Å². The second-order valence-corrected chi connectivity index (χ2v) is 10.0. The lowest BCUT2D eigenvalue weighted by atomic mass is 9.90. The van der Waals surface area contributed by atoms with Crippen LogP contribution >= 0.6 is 11.6 Å². The van der Waals surface area contributed by atoms with Crippen LogP contribution in [0.2, 0.25) is 5.02 Å². The number of benzene rings is 2. The van der Waals surface area contributed by atoms with E-state index in [9.17, 15) is 4.79 Å². The van der Waals surface area contributed by atoms with Crippen molar-refractivity contribution >= 4 is 40.0 Å². The van der Waals surface area contributed by atoms with Crippen LogP contribution < -0.4 is 10.6 Å². The number of halogens is 1. The Morgan fingerprint density at radius 1 is 1.22 bits per heavy atom. The SMILES string of the molecule is C=CC(=O)Nc1ccc(CN(C)[C@H]2CCC[C@@H](Nc3ncc(Cl)c(-c4c[nH]c5ccccc45)n3)C2)cc1. The second-order valence-electron chi connectivity index (χ2n) is 9.61. The maximum Gasteiger partial charge on any atom is 0.247 e. The van der Waals surface area contributed by atoms with Gasteiger partial charge in [0.15, 0.2) is 0 Å². The van der Waals surface area contributed by atoms with Crippen molar-refractivity contribution in [3.8, 4) is 11.3 Å². The van der Waals surface area contributed by atoms with E-state index < -0.39 is 0 Å². The van der Waals surface area contributed by atoms with Crippen LogP contribution in [0.1, 0.15) is 31.2 Å². The Balaban J connectivity index is 1.23. The summed E-state index contributed by atoms with van der Waals surface area (Å²) < 4.78 is 0. The molecule has 1 aliphatic rings. The van der Waals surface area contributed by atoms with E-state index in [-0.39, 0.29) is 11.9 Å². The van der Waals surface area contributed by atoms with Gasteiger partial charge < -0.3 is 15.6 Å². The van der Waals surface area contributed by atoms with Gasteiger partial charge in [0.05, 0.1) is 16.9 Å². The van der Waals surface area contributed by atoms with Gasteiger partial charge >= 0.3 is 0 Å². The lowest BCUT2D eigenvalue weighted by Gasteiger charge is -2.35. The van der Waals surface area contributed by atoms with Gasteiger partial charge in [-0.3, -0.25) is 9.69 Å². The molecule has 37 heavy (non-hydrogen) atoms. The largest absolute Gasteiger partial charge is 0.360 e. The van der Waals surface area contributed by atoms with Crippen molar-refractivity contribution < 1.29 is 4.79 Å². The van der Waals surface area contributed by atoms with Gasteiger partial charge in [-0.05, 0) is 62.6 Å². The third-order valence-corrected chi connectivity index (χ3v) is 7.31. The molecule has 1 aliphatic carbocycles. The van der Waals surface area contributed by atoms with E-state index in [0.717, 1.165) is 60.1 Å². The van der Waals surface area contributed by atoms with E-state index in [1.165, 1.54) is 11.6 Å². The molecular weight excluding hydrogens is 484 g/mol. The molecule has 0 radical (unpaired) electrons. The topological polar surface area (TPSA) is 85.9 Å². The summed E-state index contributed by atoms with van der Waals surface area (Å²) in [7, 11) is 2.17. The van der Waals surface area contributed by atoms with Crippen molar-refractivity contribution in [3.63, 3.8) is 0 Å². The molecule has 0 aliphatic heterocycles. The van der Waals surface area contributed by atoms with Crippen LogP contribution in [0.3, 0.4) is 0 Å². The van der Waals surface area contributed by atoms with E-state index in [4.69, 9.17) is 16.6 Å². The molecule has 2 atom stereocenters. The highest BCUT2D eigenvalue weighted by Crippen LogP contribution is 2.33. The number of carbonyl (C=O) groups excluding carboxylic acids is 1. The van der Waals surface area contributed by atoms with E-state index >= 15 is 0 Å². The van der Waals surface area contributed by atoms with E-state index in [1.807, 2.05) is 36.5 Å². The molecule has 0 bridgehead atoms. The first-order chi connectivity index (χ1) is 18.0. The molecule has 1 fully saturated rings. The van der Waals surface area contributed by atoms with Gasteiger partial charge in [-0.1, -0.05) is 48.5 Å². The molecule has 2 aromatic carbocycles. The summed E-state index contributed by atoms with van der Waals surface area (Å²) in [6, 6.07) is 16.8. The monoisotopic (exact) mass is 514 g/mol. The number of fused-ring (bicyclic) bond motifs is 1. The number of hydrogen-bond acceptors (Lipinski definition) is 5. The molecule has 1 saturated carbocycles. The Labute approximate surface area is 222 Å². The molecule has 0 unspecified atom stereocenters. The Bertz CT molecular complexity index is 1400. The van der Waals surface area contributed by atoms with Crippen LogP contribution in [0, 0.1) is 0 Å². The molecule has 2 aromatic heterocycles. The number of aromatic nitrogens is 3. The second kappa shape index (κ2) is 11.2. The molecule has 5 rings (SSSR count). The maximum atomic E-state index is 11.5. The lowest BCUT2D eigenvalue weighted by molar-refractivity contribution is -0.111. The normalized spacial score (nSPS) is 17.6. The smallest absolute Gasteiger partial charge is 0.247 e. The molecule has 0 spiro atoms. The Morgan fingerprint density at radius 3 is 2.84 bits per heavy atom. The number of amides is 1. The number of aromatic amines is 1. The zero-order valence-electron chi connectivity index (χ0n) is 20.9. The molecule has 3 N–H and O–H groups in total. The average Bonchev–Trinajstić information content (AvgIpc) is 3.35. The number of anilines is 2. The summed E-state index contributed by atoms with van der Waals surface area (Å²) >= 11 is 6.52. The van der Waals surface area contributed by atoms with Gasteiger partial charge in [-0.25, -0.2) is 9.97 Å². The fourth-order valence-corrected chi connectivity index (χ4v) is 5.27. The molecule has 8 heteroatoms. The lowest BCUT2D eigenvalue weighted by Crippen LogP contribution is -2.40. The standard InChI is InChI=1S/C29H31ClN6O/c1-3-27(37)33-20-13-11-19(12-14-20)18-36(2)22-8-6-7-21(15-22)34-29-32-17-25(30)28(35-29)24-16-31-26-10-5-4-9-23(24)26/h3-5,9-14,16-17,21-22,31H,1,6-8,15,18H2,2H3,(H,33,37)(H,32,34,35)/t21-,22+/m1/s1. The summed E-state index contributed by atoms with van der Waals surface area (Å²) in [5, 5.41) is 7.98. The minimum atomic E-state index is -0.205. The first-order valence-electron chi connectivity index (χ1n) is 12.6. The van der Waals surface area contributed by atoms with Crippen LogP contribution in [-0.2, 0) is 11.3 Å². The van der Waals surface area contributed by atoms with E-state index in [1.54, 1.807) is 6.20 Å². The van der Waals surface area contributed by atoms with Crippen molar-refractivity contribution in [1.29, 1.82) is 0 Å². The van der Waals surface area contributed by atoms with Crippen LogP contribution in [0.5, 0.6) is 0 Å². The van der Waals surface area contributed by atoms with Crippen molar-refractivity contribution in [2.75, 3.05) is 17.7 Å². The average molecular weight is 515 g/mol. The zero-order valence-corrected chi connectivity index (χ0v) is 21.6. The van der Waals surface area contributed by atoms with Crippen LogP contribution in [-0.4, -0.2) is 44.9 Å². The summed E-state index contributed by atoms with van der Waals surface area (Å²) in [6.45, 7) is 4.33. The van der Waals surface area contributed by atoms with Crippen LogP contribution in [0.25, 0.3) is 22.2 Å². The van der Waals surface area contributed by atoms with Gasteiger partial charge in [0.2, 0.25) is 11.9 Å². The fourth-order valence-electron chi connectivity index (χ4n) is 5.07. The van der Waals surface area contributed by atoms with Gasteiger partial charge in [0, 0.05) is 47.0 Å². The summed E-state index contributed by atoms with van der Waals surface area (Å²) in [5.74, 6) is 0.402. The first kappa shape index (κ1) is 25.0. The number of hydrogen-bond donors (Lipinski definition) is 3. The predicted molar refractivity (Wildman–Crippen MR) is 151 cm³/mol. The molecule has 0 saturated heterocycles. The molecule has 2 heterocycles. The third kappa shape index (κ3) is 5.84. The van der Waals surface area contributed by atoms with Crippen molar-refractivity contribution in [2.45, 2.75) is 44.3 Å². The zero-order chi connectivity index (χ0) is 25.8. The highest BCUT2D eigenvalue weighted by Gasteiger charge is 2.26. The van der Waals surface area contributed by atoms with Crippen LogP contribution in [0.4, 0.5) is 11.6 Å². The van der Waals surface area contributed by atoms with Gasteiger partial charge in [-0.2, -0.15) is 0 Å². The summed E-state index contributed by atoms with van der Waals surface area (Å²) in [4.78, 5) is 26.5. The van der Waals surface area contributed by atoms with Gasteiger partial charge in [-0.15, -0.1) is 0 Å². The molecule has 7 nitrogen and oxygen atoms in total. The van der Waals surface area contributed by atoms with Crippen molar-refractivity contribution in [1.82, 2.24) is 19.9 Å². The Hall–Kier alpha value is -3.68. The number of para-hydroxylation sites is 1. The molecule has 190 valence electrons. The number of nitrogens with zero attached hydrogens (tertiary/aromatic N) is 3. The van der Waals surface area contributed by atoms with Gasteiger partial charge in [0.1, 0.15) is 0 Å². The summed E-state index contributed by atoms with van der Waals surface area (Å²) in [6.07, 6.45) is 9.30. The Morgan fingerprint density at radius 2 is 2.03 bits per heavy atom. The minimum absolute atomic E-state index is 0.205. The maximum absolute atomic E-state index is 11.5. The third-order valence-electron chi connectivity index (χ3n) is 7.03. The fraction of sp³-hybridized carbons (Fsp3) is 0.276. The molecular formula is C29H31ClN6O. The number of rotatable bonds is 8. The highest BCUT2D eigenvalue weighted by molar-refractivity contribution is 6.33. The quantitative estimate of drug-likeness (QED) is 0.242. The highest BCUT2D eigenvalue weighted by atomic mass is 35.5. The van der Waals surface area contributed by atoms with E-state index in [2.05, 4.69) is 57.3 Å². The number of H-pyrrole nitrogens is 1. The summed E-state index contributed by atoms with van der Waals surface area (Å²) in [5.41, 5.74) is 4.74. The first-order valence-corrected chi connectivity index (χ1v) is 13.0. The van der Waals surface area contributed by atoms with Crippen molar-refractivity contribution in [2.24, 2.45) is 0 Å². The predicted octanol–water partition coefficient (Wildman–Crippen LogP) is 6.26. The molecule has 4 aromatic rings.